The van der Waals surface area contributed by atoms with Gasteiger partial charge in [-0.25, -0.2) is 4.98 Å². The highest BCUT2D eigenvalue weighted by atomic mass is 16.5. The van der Waals surface area contributed by atoms with Gasteiger partial charge in [-0.3, -0.25) is 0 Å². The van der Waals surface area contributed by atoms with Gasteiger partial charge in [0.25, 0.3) is 0 Å². The van der Waals surface area contributed by atoms with Crippen LogP contribution >= 0.6 is 0 Å². The summed E-state index contributed by atoms with van der Waals surface area (Å²) in [5, 5.41) is 0. The smallest absolute Gasteiger partial charge is 0.219 e. The van der Waals surface area contributed by atoms with Crippen molar-refractivity contribution < 1.29 is 4.74 Å². The molecule has 1 heterocycles. The lowest BCUT2D eigenvalue weighted by Gasteiger charge is -2.20. The summed E-state index contributed by atoms with van der Waals surface area (Å²) in [6.45, 7) is 5.56. The number of ether oxygens (including phenoxy) is 1. The molecule has 2 rings (SSSR count). The maximum absolute atomic E-state index is 5.68. The quantitative estimate of drug-likeness (QED) is 0.780. The minimum Gasteiger partial charge on any atom is -0.439 e. The number of hydrogen-bond donors (Lipinski definition) is 0. The number of aromatic nitrogens is 1. The number of pyridine rings is 1. The summed E-state index contributed by atoms with van der Waals surface area (Å²) in [5.74, 6) is 2.15. The van der Waals surface area contributed by atoms with E-state index in [-0.39, 0.29) is 0 Å². The minimum absolute atomic E-state index is 0.619. The van der Waals surface area contributed by atoms with Crippen LogP contribution in [-0.2, 0) is 0 Å². The Morgan fingerprint density at radius 1 is 1.10 bits per heavy atom. The average Bonchev–Trinajstić information content (AvgIpc) is 2.46. The van der Waals surface area contributed by atoms with Crippen molar-refractivity contribution in [2.45, 2.75) is 20.3 Å². The molecule has 0 aliphatic rings. The van der Waals surface area contributed by atoms with E-state index >= 15 is 0 Å². The molecular formula is C17H22N2O. The molecule has 0 bridgehead atoms. The Kier molecular flexibility index (Phi) is 4.99. The highest BCUT2D eigenvalue weighted by Gasteiger charge is 2.03. The Morgan fingerprint density at radius 3 is 2.45 bits per heavy atom. The maximum Gasteiger partial charge on any atom is 0.219 e. The molecule has 2 aromatic rings. The first-order valence-corrected chi connectivity index (χ1v) is 7.05. The fourth-order valence-electron chi connectivity index (χ4n) is 1.88. The van der Waals surface area contributed by atoms with E-state index in [1.807, 2.05) is 30.3 Å². The number of anilines is 1. The van der Waals surface area contributed by atoms with Gasteiger partial charge >= 0.3 is 0 Å². The van der Waals surface area contributed by atoms with E-state index in [2.05, 4.69) is 42.9 Å². The lowest BCUT2D eigenvalue weighted by atomic mass is 10.1. The van der Waals surface area contributed by atoms with Crippen molar-refractivity contribution in [1.29, 1.82) is 0 Å². The van der Waals surface area contributed by atoms with Gasteiger partial charge in [-0.2, -0.15) is 0 Å². The van der Waals surface area contributed by atoms with Crippen molar-refractivity contribution in [3.05, 3.63) is 48.7 Å². The summed E-state index contributed by atoms with van der Waals surface area (Å²) >= 11 is 0. The van der Waals surface area contributed by atoms with Crippen LogP contribution in [0.2, 0.25) is 0 Å². The van der Waals surface area contributed by atoms with Crippen molar-refractivity contribution >= 4 is 5.69 Å². The van der Waals surface area contributed by atoms with Crippen LogP contribution in [0.3, 0.4) is 0 Å². The SMILES string of the molecule is CC(C)CCN(C)c1ccc(Oc2ccccn2)cc1. The van der Waals surface area contributed by atoms with E-state index in [1.165, 1.54) is 12.1 Å². The zero-order valence-electron chi connectivity index (χ0n) is 12.4. The molecule has 0 spiro atoms. The first kappa shape index (κ1) is 14.4. The zero-order valence-corrected chi connectivity index (χ0v) is 12.4. The van der Waals surface area contributed by atoms with Crippen molar-refractivity contribution in [3.8, 4) is 11.6 Å². The molecule has 0 unspecified atom stereocenters. The topological polar surface area (TPSA) is 25.4 Å². The monoisotopic (exact) mass is 270 g/mol. The Labute approximate surface area is 121 Å². The van der Waals surface area contributed by atoms with Crippen LogP contribution in [0, 0.1) is 5.92 Å². The fraction of sp³-hybridized carbons (Fsp3) is 0.353. The Bertz CT molecular complexity index is 508. The van der Waals surface area contributed by atoms with E-state index in [9.17, 15) is 0 Å². The van der Waals surface area contributed by atoms with Gasteiger partial charge in [-0.05, 0) is 42.7 Å². The summed E-state index contributed by atoms with van der Waals surface area (Å²) in [6.07, 6.45) is 2.92. The van der Waals surface area contributed by atoms with E-state index in [4.69, 9.17) is 4.74 Å². The molecule has 1 aromatic carbocycles. The standard InChI is InChI=1S/C17H22N2O/c1-14(2)11-13-19(3)15-7-9-16(10-8-15)20-17-6-4-5-12-18-17/h4-10,12,14H,11,13H2,1-3H3. The van der Waals surface area contributed by atoms with Crippen LogP contribution in [0.5, 0.6) is 11.6 Å². The highest BCUT2D eigenvalue weighted by Crippen LogP contribution is 2.22. The molecule has 1 aromatic heterocycles. The first-order valence-electron chi connectivity index (χ1n) is 7.05. The Hall–Kier alpha value is -2.03. The lowest BCUT2D eigenvalue weighted by Crippen LogP contribution is -2.19. The predicted octanol–water partition coefficient (Wildman–Crippen LogP) is 4.36. The van der Waals surface area contributed by atoms with Crippen molar-refractivity contribution in [2.75, 3.05) is 18.5 Å². The molecule has 0 N–H and O–H groups in total. The van der Waals surface area contributed by atoms with Crippen molar-refractivity contribution in [2.24, 2.45) is 5.92 Å². The maximum atomic E-state index is 5.68. The largest absolute Gasteiger partial charge is 0.439 e. The summed E-state index contributed by atoms with van der Waals surface area (Å²) in [6, 6.07) is 13.8. The molecule has 0 aliphatic carbocycles. The van der Waals surface area contributed by atoms with Gasteiger partial charge < -0.3 is 9.64 Å². The van der Waals surface area contributed by atoms with Crippen LogP contribution < -0.4 is 9.64 Å². The van der Waals surface area contributed by atoms with Gasteiger partial charge in [-0.1, -0.05) is 19.9 Å². The molecular weight excluding hydrogens is 248 g/mol. The van der Waals surface area contributed by atoms with Gasteiger partial charge in [-0.15, -0.1) is 0 Å². The van der Waals surface area contributed by atoms with Crippen LogP contribution in [0.1, 0.15) is 20.3 Å². The molecule has 0 saturated heterocycles. The van der Waals surface area contributed by atoms with Gasteiger partial charge in [0.2, 0.25) is 5.88 Å². The van der Waals surface area contributed by atoms with Crippen LogP contribution in [0.25, 0.3) is 0 Å². The Morgan fingerprint density at radius 2 is 1.85 bits per heavy atom. The third-order valence-corrected chi connectivity index (χ3v) is 3.18. The van der Waals surface area contributed by atoms with E-state index in [0.29, 0.717) is 5.88 Å². The number of hydrogen-bond acceptors (Lipinski definition) is 3. The first-order chi connectivity index (χ1) is 9.65. The van der Waals surface area contributed by atoms with Gasteiger partial charge in [0.05, 0.1) is 0 Å². The lowest BCUT2D eigenvalue weighted by molar-refractivity contribution is 0.463. The predicted molar refractivity (Wildman–Crippen MR) is 83.5 cm³/mol. The van der Waals surface area contributed by atoms with Gasteiger partial charge in [0.15, 0.2) is 0 Å². The van der Waals surface area contributed by atoms with Crippen molar-refractivity contribution in [3.63, 3.8) is 0 Å². The average molecular weight is 270 g/mol. The highest BCUT2D eigenvalue weighted by molar-refractivity contribution is 5.48. The number of benzene rings is 1. The number of nitrogens with zero attached hydrogens (tertiary/aromatic N) is 2. The van der Waals surface area contributed by atoms with E-state index in [0.717, 1.165) is 18.2 Å². The molecule has 0 radical (unpaired) electrons. The molecule has 3 nitrogen and oxygen atoms in total. The molecule has 0 atom stereocenters. The third-order valence-electron chi connectivity index (χ3n) is 3.18. The van der Waals surface area contributed by atoms with E-state index < -0.39 is 0 Å². The van der Waals surface area contributed by atoms with Crippen LogP contribution in [-0.4, -0.2) is 18.6 Å². The molecule has 20 heavy (non-hydrogen) atoms. The molecule has 0 aliphatic heterocycles. The summed E-state index contributed by atoms with van der Waals surface area (Å²) in [5.41, 5.74) is 1.21. The fourth-order valence-corrected chi connectivity index (χ4v) is 1.88. The van der Waals surface area contributed by atoms with E-state index in [1.54, 1.807) is 6.20 Å². The second-order valence-electron chi connectivity index (χ2n) is 5.37. The molecule has 0 fully saturated rings. The molecule has 106 valence electrons. The second kappa shape index (κ2) is 6.94. The molecule has 0 amide bonds. The van der Waals surface area contributed by atoms with Crippen LogP contribution in [0.4, 0.5) is 5.69 Å². The molecule has 0 saturated carbocycles. The van der Waals surface area contributed by atoms with Crippen molar-refractivity contribution in [1.82, 2.24) is 4.98 Å². The normalized spacial score (nSPS) is 10.6. The summed E-state index contributed by atoms with van der Waals surface area (Å²) < 4.78 is 5.68. The second-order valence-corrected chi connectivity index (χ2v) is 5.37. The summed E-state index contributed by atoms with van der Waals surface area (Å²) in [7, 11) is 2.12. The van der Waals surface area contributed by atoms with Gasteiger partial charge in [0.1, 0.15) is 5.75 Å². The molecule has 3 heteroatoms. The van der Waals surface area contributed by atoms with Gasteiger partial charge in [0, 0.05) is 31.5 Å². The third kappa shape index (κ3) is 4.26. The zero-order chi connectivity index (χ0) is 14.4. The van der Waals surface area contributed by atoms with Crippen LogP contribution in [0.15, 0.2) is 48.7 Å². The Balaban J connectivity index is 1.96. The summed E-state index contributed by atoms with van der Waals surface area (Å²) in [4.78, 5) is 6.42. The minimum atomic E-state index is 0.619. The number of rotatable bonds is 6.